The summed E-state index contributed by atoms with van der Waals surface area (Å²) < 4.78 is 22.8. The van der Waals surface area contributed by atoms with Gasteiger partial charge in [-0.2, -0.15) is 0 Å². The van der Waals surface area contributed by atoms with Crippen molar-refractivity contribution in [2.24, 2.45) is 0 Å². The van der Waals surface area contributed by atoms with E-state index in [0.717, 1.165) is 19.5 Å². The largest absolute Gasteiger partial charge is 0.312 e. The fourth-order valence-corrected chi connectivity index (χ4v) is 3.46. The molecule has 0 aliphatic carbocycles. The topological polar surface area (TPSA) is 49.4 Å². The average Bonchev–Trinajstić information content (AvgIpc) is 2.22. The first kappa shape index (κ1) is 13.9. The maximum atomic E-state index is 11.4. The minimum Gasteiger partial charge on any atom is -0.312 e. The molecule has 1 heterocycles. The summed E-state index contributed by atoms with van der Waals surface area (Å²) in [5.74, 6) is 0.615. The zero-order valence-electron chi connectivity index (χ0n) is 10.4. The highest BCUT2D eigenvalue weighted by Crippen LogP contribution is 2.05. The van der Waals surface area contributed by atoms with Crippen molar-refractivity contribution in [3.05, 3.63) is 0 Å². The molecule has 0 aromatic carbocycles. The number of hydrogen-bond acceptors (Lipinski definition) is 4. The molecule has 4 nitrogen and oxygen atoms in total. The number of nitrogens with one attached hydrogen (secondary N) is 1. The van der Waals surface area contributed by atoms with E-state index in [1.165, 1.54) is 12.8 Å². The number of hydrogen-bond donors (Lipinski definition) is 1. The van der Waals surface area contributed by atoms with E-state index in [2.05, 4.69) is 24.2 Å². The summed E-state index contributed by atoms with van der Waals surface area (Å²) in [6, 6.07) is 0.155. The standard InChI is InChI=1S/C11H24N2O2S/c1-3-4-7-13(2)8-5-11-10-16(14,15)9-6-12-11/h11-12H,3-10H2,1-2H3. The van der Waals surface area contributed by atoms with Gasteiger partial charge in [0, 0.05) is 12.6 Å². The van der Waals surface area contributed by atoms with E-state index in [9.17, 15) is 8.42 Å². The van der Waals surface area contributed by atoms with Crippen molar-refractivity contribution in [2.75, 3.05) is 38.2 Å². The number of unbranched alkanes of at least 4 members (excludes halogenated alkanes) is 1. The van der Waals surface area contributed by atoms with Gasteiger partial charge < -0.3 is 10.2 Å². The van der Waals surface area contributed by atoms with Gasteiger partial charge in [0.2, 0.25) is 0 Å². The second kappa shape index (κ2) is 6.57. The SMILES string of the molecule is CCCCN(C)CCC1CS(=O)(=O)CCN1. The van der Waals surface area contributed by atoms with E-state index in [0.29, 0.717) is 18.1 Å². The molecule has 1 aliphatic rings. The van der Waals surface area contributed by atoms with Crippen LogP contribution in [0.5, 0.6) is 0 Å². The number of nitrogens with zero attached hydrogens (tertiary/aromatic N) is 1. The highest BCUT2D eigenvalue weighted by molar-refractivity contribution is 7.91. The molecule has 16 heavy (non-hydrogen) atoms. The minimum absolute atomic E-state index is 0.155. The smallest absolute Gasteiger partial charge is 0.153 e. The molecule has 0 spiro atoms. The Bertz CT molecular complexity index is 290. The molecule has 1 N–H and O–H groups in total. The molecule has 0 amide bonds. The number of sulfone groups is 1. The number of rotatable bonds is 6. The highest BCUT2D eigenvalue weighted by Gasteiger charge is 2.23. The van der Waals surface area contributed by atoms with Crippen LogP contribution in [0, 0.1) is 0 Å². The van der Waals surface area contributed by atoms with E-state index < -0.39 is 9.84 Å². The third-order valence-electron chi connectivity index (χ3n) is 3.05. The van der Waals surface area contributed by atoms with Crippen LogP contribution in [0.1, 0.15) is 26.2 Å². The van der Waals surface area contributed by atoms with Crippen molar-refractivity contribution < 1.29 is 8.42 Å². The molecule has 0 saturated carbocycles. The normalized spacial score (nSPS) is 24.8. The van der Waals surface area contributed by atoms with Crippen molar-refractivity contribution in [2.45, 2.75) is 32.2 Å². The van der Waals surface area contributed by atoms with Crippen LogP contribution in [-0.4, -0.2) is 57.5 Å². The van der Waals surface area contributed by atoms with Crippen LogP contribution in [0.2, 0.25) is 0 Å². The Hall–Kier alpha value is -0.130. The van der Waals surface area contributed by atoms with Gasteiger partial charge in [-0.15, -0.1) is 0 Å². The second-order valence-electron chi connectivity index (χ2n) is 4.71. The third-order valence-corrected chi connectivity index (χ3v) is 4.79. The van der Waals surface area contributed by atoms with Crippen molar-refractivity contribution in [3.8, 4) is 0 Å². The quantitative estimate of drug-likeness (QED) is 0.743. The summed E-state index contributed by atoms with van der Waals surface area (Å²) in [5, 5.41) is 3.28. The minimum atomic E-state index is -2.78. The van der Waals surface area contributed by atoms with Crippen LogP contribution in [0.25, 0.3) is 0 Å². The lowest BCUT2D eigenvalue weighted by Gasteiger charge is -2.25. The lowest BCUT2D eigenvalue weighted by Crippen LogP contribution is -2.46. The fraction of sp³-hybridized carbons (Fsp3) is 1.00. The lowest BCUT2D eigenvalue weighted by atomic mass is 10.2. The van der Waals surface area contributed by atoms with Gasteiger partial charge in [-0.1, -0.05) is 13.3 Å². The van der Waals surface area contributed by atoms with Crippen molar-refractivity contribution in [3.63, 3.8) is 0 Å². The molecule has 1 saturated heterocycles. The maximum absolute atomic E-state index is 11.4. The van der Waals surface area contributed by atoms with E-state index >= 15 is 0 Å². The monoisotopic (exact) mass is 248 g/mol. The first-order valence-corrected chi connectivity index (χ1v) is 7.98. The Balaban J connectivity index is 2.22. The molecule has 96 valence electrons. The van der Waals surface area contributed by atoms with Crippen LogP contribution < -0.4 is 5.32 Å². The Morgan fingerprint density at radius 2 is 2.12 bits per heavy atom. The molecule has 5 heteroatoms. The summed E-state index contributed by atoms with van der Waals surface area (Å²) >= 11 is 0. The Kier molecular flexibility index (Phi) is 5.72. The predicted octanol–water partition coefficient (Wildman–Crippen LogP) is 0.495. The van der Waals surface area contributed by atoms with E-state index in [4.69, 9.17) is 0 Å². The molecular weight excluding hydrogens is 224 g/mol. The van der Waals surface area contributed by atoms with E-state index in [1.807, 2.05) is 0 Å². The Morgan fingerprint density at radius 1 is 1.38 bits per heavy atom. The van der Waals surface area contributed by atoms with E-state index in [-0.39, 0.29) is 6.04 Å². The van der Waals surface area contributed by atoms with Crippen molar-refractivity contribution in [1.29, 1.82) is 0 Å². The molecule has 0 radical (unpaired) electrons. The Morgan fingerprint density at radius 3 is 2.75 bits per heavy atom. The van der Waals surface area contributed by atoms with Gasteiger partial charge in [0.15, 0.2) is 9.84 Å². The summed E-state index contributed by atoms with van der Waals surface area (Å²) in [7, 11) is -0.674. The van der Waals surface area contributed by atoms with Crippen LogP contribution in [-0.2, 0) is 9.84 Å². The molecule has 0 aromatic rings. The molecule has 1 atom stereocenters. The molecule has 0 bridgehead atoms. The maximum Gasteiger partial charge on any atom is 0.153 e. The Labute approximate surface area is 99.3 Å². The fourth-order valence-electron chi connectivity index (χ4n) is 1.97. The van der Waals surface area contributed by atoms with Gasteiger partial charge in [0.05, 0.1) is 11.5 Å². The van der Waals surface area contributed by atoms with Gasteiger partial charge in [-0.05, 0) is 33.0 Å². The molecule has 1 fully saturated rings. The molecule has 1 unspecified atom stereocenters. The van der Waals surface area contributed by atoms with Crippen molar-refractivity contribution in [1.82, 2.24) is 10.2 Å². The first-order valence-electron chi connectivity index (χ1n) is 6.16. The second-order valence-corrected chi connectivity index (χ2v) is 6.94. The zero-order valence-corrected chi connectivity index (χ0v) is 11.2. The first-order chi connectivity index (χ1) is 7.53. The van der Waals surface area contributed by atoms with Crippen LogP contribution in [0.15, 0.2) is 0 Å². The van der Waals surface area contributed by atoms with Gasteiger partial charge in [-0.25, -0.2) is 8.42 Å². The third kappa shape index (κ3) is 5.27. The molecule has 1 aliphatic heterocycles. The zero-order chi connectivity index (χ0) is 12.0. The summed E-state index contributed by atoms with van der Waals surface area (Å²) in [6.07, 6.45) is 3.35. The van der Waals surface area contributed by atoms with Crippen LogP contribution in [0.3, 0.4) is 0 Å². The summed E-state index contributed by atoms with van der Waals surface area (Å²) in [5.41, 5.74) is 0. The molecule has 0 aromatic heterocycles. The summed E-state index contributed by atoms with van der Waals surface area (Å²) in [6.45, 7) is 4.89. The molecular formula is C11H24N2O2S. The highest BCUT2D eigenvalue weighted by atomic mass is 32.2. The predicted molar refractivity (Wildman–Crippen MR) is 67.5 cm³/mol. The lowest BCUT2D eigenvalue weighted by molar-refractivity contribution is 0.305. The summed E-state index contributed by atoms with van der Waals surface area (Å²) in [4.78, 5) is 2.28. The van der Waals surface area contributed by atoms with Gasteiger partial charge in [-0.3, -0.25) is 0 Å². The molecule has 1 rings (SSSR count). The van der Waals surface area contributed by atoms with E-state index in [1.54, 1.807) is 0 Å². The van der Waals surface area contributed by atoms with Gasteiger partial charge in [0.1, 0.15) is 0 Å². The van der Waals surface area contributed by atoms with Gasteiger partial charge >= 0.3 is 0 Å². The van der Waals surface area contributed by atoms with Crippen LogP contribution in [0.4, 0.5) is 0 Å². The van der Waals surface area contributed by atoms with Crippen LogP contribution >= 0.6 is 0 Å². The van der Waals surface area contributed by atoms with Gasteiger partial charge in [0.25, 0.3) is 0 Å². The van der Waals surface area contributed by atoms with Crippen molar-refractivity contribution >= 4 is 9.84 Å². The average molecular weight is 248 g/mol.